The van der Waals surface area contributed by atoms with Crippen LogP contribution in [-0.2, 0) is 0 Å². The average molecular weight is 390 g/mol. The van der Waals surface area contributed by atoms with E-state index in [1.165, 1.54) is 12.8 Å². The van der Waals surface area contributed by atoms with E-state index in [4.69, 9.17) is 0 Å². The Bertz CT molecular complexity index is 1000. The number of phenolic OH excluding ortho intramolecular Hbond substituents is 1. The molecule has 0 aliphatic carbocycles. The fourth-order valence-corrected chi connectivity index (χ4v) is 4.72. The normalized spacial score (nSPS) is 23.3. The van der Waals surface area contributed by atoms with Gasteiger partial charge < -0.3 is 19.9 Å². The summed E-state index contributed by atoms with van der Waals surface area (Å²) >= 11 is 0. The molecule has 2 unspecified atom stereocenters. The predicted molar refractivity (Wildman–Crippen MR) is 112 cm³/mol. The van der Waals surface area contributed by atoms with Crippen LogP contribution in [0.15, 0.2) is 42.7 Å². The molecule has 0 saturated carbocycles. The number of benzene rings is 1. The van der Waals surface area contributed by atoms with E-state index in [-0.39, 0.29) is 5.75 Å². The van der Waals surface area contributed by atoms with Crippen molar-refractivity contribution >= 4 is 5.82 Å². The second-order valence-corrected chi connectivity index (χ2v) is 8.20. The molecule has 0 amide bonds. The highest BCUT2D eigenvalue weighted by Crippen LogP contribution is 2.33. The van der Waals surface area contributed by atoms with Gasteiger partial charge in [-0.1, -0.05) is 0 Å². The zero-order valence-electron chi connectivity index (χ0n) is 16.8. The number of anilines is 1. The zero-order valence-corrected chi connectivity index (χ0v) is 16.8. The number of rotatable bonds is 4. The van der Waals surface area contributed by atoms with E-state index in [9.17, 15) is 5.11 Å². The van der Waals surface area contributed by atoms with Crippen molar-refractivity contribution in [1.29, 1.82) is 0 Å². The van der Waals surface area contributed by atoms with Crippen molar-refractivity contribution < 1.29 is 5.11 Å². The standard InChI is InChI=1S/C22H26N6O/c1-14-23-9-10-28(14)17-5-6-19(21(29)13-17)20-7-8-22(26-25-20)27(2)18-11-15-3-4-16(12-18)24-15/h5-10,13,15-16,18,24,29H,3-4,11-12H2,1-2H3. The van der Waals surface area contributed by atoms with Gasteiger partial charge in [0.1, 0.15) is 11.6 Å². The summed E-state index contributed by atoms with van der Waals surface area (Å²) in [5.41, 5.74) is 2.21. The highest BCUT2D eigenvalue weighted by Gasteiger charge is 2.35. The van der Waals surface area contributed by atoms with Crippen LogP contribution in [0, 0.1) is 6.92 Å². The Kier molecular flexibility index (Phi) is 4.47. The number of hydrogen-bond acceptors (Lipinski definition) is 6. The first-order valence-corrected chi connectivity index (χ1v) is 10.2. The van der Waals surface area contributed by atoms with Gasteiger partial charge in [0.05, 0.1) is 11.4 Å². The van der Waals surface area contributed by atoms with E-state index in [2.05, 4.69) is 32.4 Å². The van der Waals surface area contributed by atoms with Crippen LogP contribution in [0.3, 0.4) is 0 Å². The van der Waals surface area contributed by atoms with E-state index >= 15 is 0 Å². The maximum Gasteiger partial charge on any atom is 0.151 e. The first kappa shape index (κ1) is 18.1. The van der Waals surface area contributed by atoms with Gasteiger partial charge in [0.15, 0.2) is 5.82 Å². The second-order valence-electron chi connectivity index (χ2n) is 8.20. The van der Waals surface area contributed by atoms with E-state index in [1.807, 2.05) is 42.0 Å². The molecule has 2 aromatic heterocycles. The minimum atomic E-state index is 0.181. The Morgan fingerprint density at radius 1 is 1.10 bits per heavy atom. The molecule has 2 fully saturated rings. The highest BCUT2D eigenvalue weighted by atomic mass is 16.3. The maximum atomic E-state index is 10.6. The smallest absolute Gasteiger partial charge is 0.151 e. The van der Waals surface area contributed by atoms with Crippen LogP contribution in [0.25, 0.3) is 16.9 Å². The molecule has 7 heteroatoms. The minimum absolute atomic E-state index is 0.181. The quantitative estimate of drug-likeness (QED) is 0.713. The molecule has 3 aromatic rings. The fourth-order valence-electron chi connectivity index (χ4n) is 4.72. The molecular weight excluding hydrogens is 364 g/mol. The molecule has 2 atom stereocenters. The summed E-state index contributed by atoms with van der Waals surface area (Å²) in [5.74, 6) is 1.93. The molecule has 2 saturated heterocycles. The van der Waals surface area contributed by atoms with Gasteiger partial charge >= 0.3 is 0 Å². The summed E-state index contributed by atoms with van der Waals surface area (Å²) < 4.78 is 1.93. The lowest BCUT2D eigenvalue weighted by molar-refractivity contribution is 0.353. The number of hydrogen-bond donors (Lipinski definition) is 2. The molecule has 2 aliphatic heterocycles. The number of aryl methyl sites for hydroxylation is 1. The van der Waals surface area contributed by atoms with Crippen molar-refractivity contribution in [2.24, 2.45) is 0 Å². The molecule has 0 radical (unpaired) electrons. The molecular formula is C22H26N6O. The van der Waals surface area contributed by atoms with E-state index < -0.39 is 0 Å². The van der Waals surface area contributed by atoms with Gasteiger partial charge in [0.2, 0.25) is 0 Å². The van der Waals surface area contributed by atoms with Gasteiger partial charge in [-0.2, -0.15) is 0 Å². The minimum Gasteiger partial charge on any atom is -0.507 e. The molecule has 2 N–H and O–H groups in total. The monoisotopic (exact) mass is 390 g/mol. The SMILES string of the molecule is Cc1nccn1-c1ccc(-c2ccc(N(C)C3CC4CCC(C3)N4)nn2)c(O)c1. The zero-order chi connectivity index (χ0) is 20.0. The first-order valence-electron chi connectivity index (χ1n) is 10.2. The van der Waals surface area contributed by atoms with Gasteiger partial charge in [-0.15, -0.1) is 10.2 Å². The van der Waals surface area contributed by atoms with Crippen LogP contribution < -0.4 is 10.2 Å². The number of nitrogens with zero attached hydrogens (tertiary/aromatic N) is 5. The molecule has 7 nitrogen and oxygen atoms in total. The van der Waals surface area contributed by atoms with Crippen LogP contribution in [0.5, 0.6) is 5.75 Å². The molecule has 4 heterocycles. The summed E-state index contributed by atoms with van der Waals surface area (Å²) in [4.78, 5) is 6.49. The molecule has 29 heavy (non-hydrogen) atoms. The Labute approximate surface area is 170 Å². The van der Waals surface area contributed by atoms with Crippen molar-refractivity contribution in [2.45, 2.75) is 50.7 Å². The van der Waals surface area contributed by atoms with Crippen LogP contribution in [0.4, 0.5) is 5.82 Å². The topological polar surface area (TPSA) is 79.1 Å². The Morgan fingerprint density at radius 3 is 2.52 bits per heavy atom. The summed E-state index contributed by atoms with van der Waals surface area (Å²) in [6, 6.07) is 11.3. The van der Waals surface area contributed by atoms with Gasteiger partial charge in [0.25, 0.3) is 0 Å². The Hall–Kier alpha value is -2.93. The molecule has 2 bridgehead atoms. The van der Waals surface area contributed by atoms with Gasteiger partial charge in [-0.3, -0.25) is 0 Å². The predicted octanol–water partition coefficient (Wildman–Crippen LogP) is 3.06. The van der Waals surface area contributed by atoms with Crippen molar-refractivity contribution in [1.82, 2.24) is 25.1 Å². The Morgan fingerprint density at radius 2 is 1.90 bits per heavy atom. The number of piperidine rings is 1. The van der Waals surface area contributed by atoms with E-state index in [1.54, 1.807) is 12.3 Å². The van der Waals surface area contributed by atoms with E-state index in [0.29, 0.717) is 29.4 Å². The van der Waals surface area contributed by atoms with E-state index in [0.717, 1.165) is 30.2 Å². The molecule has 2 aliphatic rings. The number of aromatic nitrogens is 4. The summed E-state index contributed by atoms with van der Waals surface area (Å²) in [6.07, 6.45) is 8.51. The Balaban J connectivity index is 1.35. The summed E-state index contributed by atoms with van der Waals surface area (Å²) in [5, 5.41) is 23.1. The van der Waals surface area contributed by atoms with Crippen molar-refractivity contribution in [2.75, 3.05) is 11.9 Å². The van der Waals surface area contributed by atoms with Crippen LogP contribution in [0.2, 0.25) is 0 Å². The number of nitrogens with one attached hydrogen (secondary N) is 1. The van der Waals surface area contributed by atoms with Crippen molar-refractivity contribution in [3.05, 3.63) is 48.5 Å². The number of fused-ring (bicyclic) bond motifs is 2. The maximum absolute atomic E-state index is 10.6. The van der Waals surface area contributed by atoms with Gasteiger partial charge in [0, 0.05) is 49.2 Å². The van der Waals surface area contributed by atoms with Crippen LogP contribution >= 0.6 is 0 Å². The fraction of sp³-hybridized carbons (Fsp3) is 0.409. The third-order valence-corrected chi connectivity index (χ3v) is 6.37. The van der Waals surface area contributed by atoms with Crippen molar-refractivity contribution in [3.8, 4) is 22.7 Å². The van der Waals surface area contributed by atoms with Crippen molar-refractivity contribution in [3.63, 3.8) is 0 Å². The number of imidazole rings is 1. The lowest BCUT2D eigenvalue weighted by Crippen LogP contribution is -2.47. The second kappa shape index (κ2) is 7.15. The largest absolute Gasteiger partial charge is 0.507 e. The number of phenols is 1. The molecule has 150 valence electrons. The third-order valence-electron chi connectivity index (χ3n) is 6.37. The summed E-state index contributed by atoms with van der Waals surface area (Å²) in [6.45, 7) is 1.93. The lowest BCUT2D eigenvalue weighted by atomic mass is 9.98. The third kappa shape index (κ3) is 3.35. The molecule has 1 aromatic carbocycles. The molecule has 5 rings (SSSR count). The average Bonchev–Trinajstić information content (AvgIpc) is 3.32. The van der Waals surface area contributed by atoms with Crippen LogP contribution in [0.1, 0.15) is 31.5 Å². The van der Waals surface area contributed by atoms with Gasteiger partial charge in [-0.05, 0) is 56.9 Å². The highest BCUT2D eigenvalue weighted by molar-refractivity contribution is 5.69. The number of aromatic hydroxyl groups is 1. The van der Waals surface area contributed by atoms with Gasteiger partial charge in [-0.25, -0.2) is 4.98 Å². The lowest BCUT2D eigenvalue weighted by Gasteiger charge is -2.36. The summed E-state index contributed by atoms with van der Waals surface area (Å²) in [7, 11) is 2.11. The molecule has 0 spiro atoms. The van der Waals surface area contributed by atoms with Crippen LogP contribution in [-0.4, -0.2) is 50.0 Å². The first-order chi connectivity index (χ1) is 14.1.